The number of rotatable bonds is 3. The van der Waals surface area contributed by atoms with Crippen molar-refractivity contribution in [1.29, 1.82) is 0 Å². The average Bonchev–Trinajstić information content (AvgIpc) is 3.01. The van der Waals surface area contributed by atoms with E-state index in [0.717, 1.165) is 18.4 Å². The van der Waals surface area contributed by atoms with Gasteiger partial charge in [-0.15, -0.1) is 0 Å². The van der Waals surface area contributed by atoms with Gasteiger partial charge in [-0.2, -0.15) is 4.98 Å². The Kier molecular flexibility index (Phi) is 3.02. The molecule has 0 spiro atoms. The molecule has 0 bridgehead atoms. The van der Waals surface area contributed by atoms with E-state index < -0.39 is 0 Å². The molecule has 1 aliphatic carbocycles. The minimum Gasteiger partial charge on any atom is -0.334 e. The highest BCUT2D eigenvalue weighted by Crippen LogP contribution is 2.22. The van der Waals surface area contributed by atoms with Crippen molar-refractivity contribution >= 4 is 17.6 Å². The highest BCUT2D eigenvalue weighted by Gasteiger charge is 2.14. The number of halogens is 1. The zero-order valence-electron chi connectivity index (χ0n) is 9.64. The maximum atomic E-state index is 5.93. The molecule has 1 heterocycles. The van der Waals surface area contributed by atoms with Crippen LogP contribution in [0.15, 0.2) is 40.9 Å². The Hall–Kier alpha value is -1.81. The molecule has 0 unspecified atom stereocenters. The van der Waals surface area contributed by atoms with E-state index in [0.29, 0.717) is 22.9 Å². The monoisotopic (exact) mass is 261 g/mol. The predicted molar refractivity (Wildman–Crippen MR) is 70.5 cm³/mol. The van der Waals surface area contributed by atoms with Gasteiger partial charge in [0.2, 0.25) is 5.82 Å². The third-order valence-electron chi connectivity index (χ3n) is 2.84. The van der Waals surface area contributed by atoms with Gasteiger partial charge in [-0.3, -0.25) is 0 Å². The molecule has 92 valence electrons. The SMILES string of the molecule is Clc1cccc(-c2noc(NC3CC=CC3)n2)c1. The Labute approximate surface area is 110 Å². The highest BCUT2D eigenvalue weighted by atomic mass is 35.5. The molecule has 3 rings (SSSR count). The molecule has 0 saturated heterocycles. The second kappa shape index (κ2) is 4.82. The van der Waals surface area contributed by atoms with Crippen LogP contribution in [-0.2, 0) is 0 Å². The van der Waals surface area contributed by atoms with Crippen molar-refractivity contribution in [3.05, 3.63) is 41.4 Å². The molecule has 0 atom stereocenters. The lowest BCUT2D eigenvalue weighted by atomic mass is 10.2. The summed E-state index contributed by atoms with van der Waals surface area (Å²) in [5.74, 6) is 0.547. The van der Waals surface area contributed by atoms with Crippen LogP contribution in [0.25, 0.3) is 11.4 Å². The van der Waals surface area contributed by atoms with E-state index in [4.69, 9.17) is 16.1 Å². The molecular weight excluding hydrogens is 250 g/mol. The quantitative estimate of drug-likeness (QED) is 0.859. The van der Waals surface area contributed by atoms with Gasteiger partial charge in [-0.05, 0) is 25.0 Å². The van der Waals surface area contributed by atoms with Crippen molar-refractivity contribution in [3.63, 3.8) is 0 Å². The van der Waals surface area contributed by atoms with Crippen molar-refractivity contribution in [3.8, 4) is 11.4 Å². The molecule has 0 saturated carbocycles. The van der Waals surface area contributed by atoms with Gasteiger partial charge >= 0.3 is 6.01 Å². The van der Waals surface area contributed by atoms with E-state index in [9.17, 15) is 0 Å². The van der Waals surface area contributed by atoms with Gasteiger partial charge in [0.25, 0.3) is 0 Å². The lowest BCUT2D eigenvalue weighted by molar-refractivity contribution is 0.428. The van der Waals surface area contributed by atoms with Gasteiger partial charge in [0.15, 0.2) is 0 Å². The molecule has 5 heteroatoms. The number of nitrogens with one attached hydrogen (secondary N) is 1. The largest absolute Gasteiger partial charge is 0.334 e. The summed E-state index contributed by atoms with van der Waals surface area (Å²) < 4.78 is 5.18. The van der Waals surface area contributed by atoms with E-state index in [1.165, 1.54) is 0 Å². The maximum absolute atomic E-state index is 5.93. The summed E-state index contributed by atoms with van der Waals surface area (Å²) in [6, 6.07) is 8.21. The molecule has 4 nitrogen and oxygen atoms in total. The smallest absolute Gasteiger partial charge is 0.322 e. The number of anilines is 1. The molecule has 0 radical (unpaired) electrons. The molecule has 1 aromatic carbocycles. The van der Waals surface area contributed by atoms with Gasteiger partial charge in [-0.25, -0.2) is 0 Å². The summed E-state index contributed by atoms with van der Waals surface area (Å²) in [7, 11) is 0. The lowest BCUT2D eigenvalue weighted by Crippen LogP contribution is -2.14. The number of nitrogens with zero attached hydrogens (tertiary/aromatic N) is 2. The maximum Gasteiger partial charge on any atom is 0.322 e. The van der Waals surface area contributed by atoms with Crippen molar-refractivity contribution in [2.45, 2.75) is 18.9 Å². The van der Waals surface area contributed by atoms with Crippen molar-refractivity contribution in [1.82, 2.24) is 10.1 Å². The van der Waals surface area contributed by atoms with E-state index >= 15 is 0 Å². The molecule has 0 amide bonds. The number of hydrogen-bond acceptors (Lipinski definition) is 4. The van der Waals surface area contributed by atoms with Gasteiger partial charge in [0, 0.05) is 16.6 Å². The van der Waals surface area contributed by atoms with Crippen LogP contribution >= 0.6 is 11.6 Å². The molecule has 2 aromatic rings. The first-order chi connectivity index (χ1) is 8.81. The zero-order valence-corrected chi connectivity index (χ0v) is 10.4. The van der Waals surface area contributed by atoms with Crippen LogP contribution in [-0.4, -0.2) is 16.2 Å². The van der Waals surface area contributed by atoms with E-state index in [-0.39, 0.29) is 0 Å². The standard InChI is InChI=1S/C13H12ClN3O/c14-10-5-3-4-9(8-10)12-16-13(18-17-12)15-11-6-1-2-7-11/h1-5,8,11H,6-7H2,(H,15,16,17). The average molecular weight is 262 g/mol. The minimum absolute atomic E-state index is 0.359. The molecule has 0 aliphatic heterocycles. The Morgan fingerprint density at radius 3 is 2.89 bits per heavy atom. The summed E-state index contributed by atoms with van der Waals surface area (Å²) in [6.45, 7) is 0. The Balaban J connectivity index is 1.76. The number of aromatic nitrogens is 2. The van der Waals surface area contributed by atoms with Gasteiger partial charge in [0.05, 0.1) is 0 Å². The highest BCUT2D eigenvalue weighted by molar-refractivity contribution is 6.30. The van der Waals surface area contributed by atoms with Crippen LogP contribution in [0.5, 0.6) is 0 Å². The normalized spacial score (nSPS) is 15.2. The Bertz CT molecular complexity index is 571. The van der Waals surface area contributed by atoms with Crippen molar-refractivity contribution in [2.75, 3.05) is 5.32 Å². The van der Waals surface area contributed by atoms with E-state index in [1.807, 2.05) is 24.3 Å². The van der Waals surface area contributed by atoms with Crippen molar-refractivity contribution < 1.29 is 4.52 Å². The second-order valence-electron chi connectivity index (χ2n) is 4.22. The first-order valence-electron chi connectivity index (χ1n) is 5.82. The molecule has 18 heavy (non-hydrogen) atoms. The number of hydrogen-bond donors (Lipinski definition) is 1. The Morgan fingerprint density at radius 2 is 2.11 bits per heavy atom. The van der Waals surface area contributed by atoms with Gasteiger partial charge in [-0.1, -0.05) is 41.0 Å². The molecule has 0 fully saturated rings. The Morgan fingerprint density at radius 1 is 1.28 bits per heavy atom. The van der Waals surface area contributed by atoms with Crippen LogP contribution in [0.2, 0.25) is 5.02 Å². The minimum atomic E-state index is 0.359. The fourth-order valence-corrected chi connectivity index (χ4v) is 2.13. The fourth-order valence-electron chi connectivity index (χ4n) is 1.94. The van der Waals surface area contributed by atoms with Crippen LogP contribution in [0.1, 0.15) is 12.8 Å². The topological polar surface area (TPSA) is 51.0 Å². The zero-order chi connectivity index (χ0) is 12.4. The van der Waals surface area contributed by atoms with Crippen LogP contribution < -0.4 is 5.32 Å². The third-order valence-corrected chi connectivity index (χ3v) is 3.08. The summed E-state index contributed by atoms with van der Waals surface area (Å²) in [5, 5.41) is 7.81. The van der Waals surface area contributed by atoms with Gasteiger partial charge < -0.3 is 9.84 Å². The first kappa shape index (κ1) is 11.3. The van der Waals surface area contributed by atoms with E-state index in [2.05, 4.69) is 27.6 Å². The molecule has 1 aromatic heterocycles. The predicted octanol–water partition coefficient (Wildman–Crippen LogP) is 3.52. The summed E-state index contributed by atoms with van der Waals surface area (Å²) >= 11 is 5.93. The van der Waals surface area contributed by atoms with Gasteiger partial charge in [0.1, 0.15) is 0 Å². The summed E-state index contributed by atoms with van der Waals surface area (Å²) in [5.41, 5.74) is 0.851. The van der Waals surface area contributed by atoms with Crippen molar-refractivity contribution in [2.24, 2.45) is 0 Å². The lowest BCUT2D eigenvalue weighted by Gasteiger charge is -2.07. The van der Waals surface area contributed by atoms with Crippen LogP contribution in [0.3, 0.4) is 0 Å². The first-order valence-corrected chi connectivity index (χ1v) is 6.20. The van der Waals surface area contributed by atoms with Crippen LogP contribution in [0.4, 0.5) is 6.01 Å². The molecule has 1 N–H and O–H groups in total. The van der Waals surface area contributed by atoms with E-state index in [1.54, 1.807) is 0 Å². The summed E-state index contributed by atoms with van der Waals surface area (Å²) in [6.07, 6.45) is 6.28. The summed E-state index contributed by atoms with van der Waals surface area (Å²) in [4.78, 5) is 4.31. The molecular formula is C13H12ClN3O. The molecule has 1 aliphatic rings. The third kappa shape index (κ3) is 2.38. The number of benzene rings is 1. The van der Waals surface area contributed by atoms with Crippen LogP contribution in [0, 0.1) is 0 Å². The second-order valence-corrected chi connectivity index (χ2v) is 4.65. The fraction of sp³-hybridized carbons (Fsp3) is 0.231.